The van der Waals surface area contributed by atoms with Crippen LogP contribution in [0.5, 0.6) is 0 Å². The SMILES string of the molecule is CC1(C)[C@@H]2[C@H](C(=O)N[C@@H](C#N)C[C@H]3CCNC3=O)N(C(=O)C3(O)c4ccccc4-c4ccccc43)C[C@@H]21. The number of carbonyl (C=O) groups excluding carboxylic acids is 3. The van der Waals surface area contributed by atoms with E-state index in [0.717, 1.165) is 11.1 Å². The highest BCUT2D eigenvalue weighted by atomic mass is 16.3. The molecule has 3 amide bonds. The van der Waals surface area contributed by atoms with Gasteiger partial charge in [-0.25, -0.2) is 0 Å². The van der Waals surface area contributed by atoms with Crippen LogP contribution in [0.3, 0.4) is 0 Å². The number of nitriles is 1. The Morgan fingerprint density at radius 1 is 1.16 bits per heavy atom. The molecule has 5 atom stereocenters. The first-order chi connectivity index (χ1) is 17.7. The zero-order valence-corrected chi connectivity index (χ0v) is 20.9. The molecule has 0 bridgehead atoms. The molecule has 1 saturated carbocycles. The van der Waals surface area contributed by atoms with E-state index in [4.69, 9.17) is 0 Å². The van der Waals surface area contributed by atoms with Gasteiger partial charge in [0, 0.05) is 30.1 Å². The summed E-state index contributed by atoms with van der Waals surface area (Å²) in [4.78, 5) is 41.5. The van der Waals surface area contributed by atoms with Crippen LogP contribution in [0.4, 0.5) is 0 Å². The molecule has 6 rings (SSSR count). The van der Waals surface area contributed by atoms with Gasteiger partial charge in [0.1, 0.15) is 12.1 Å². The molecule has 3 fully saturated rings. The first-order valence-electron chi connectivity index (χ1n) is 12.9. The summed E-state index contributed by atoms with van der Waals surface area (Å²) in [5, 5.41) is 27.4. The Morgan fingerprint density at radius 3 is 2.35 bits per heavy atom. The van der Waals surface area contributed by atoms with E-state index in [1.165, 1.54) is 4.90 Å². The monoisotopic (exact) mass is 498 g/mol. The lowest BCUT2D eigenvalue weighted by atomic mass is 9.88. The summed E-state index contributed by atoms with van der Waals surface area (Å²) < 4.78 is 0. The van der Waals surface area contributed by atoms with Crippen molar-refractivity contribution in [2.75, 3.05) is 13.1 Å². The number of carbonyl (C=O) groups is 3. The van der Waals surface area contributed by atoms with Crippen LogP contribution in [0.15, 0.2) is 48.5 Å². The number of hydrogen-bond donors (Lipinski definition) is 3. The summed E-state index contributed by atoms with van der Waals surface area (Å²) >= 11 is 0. The van der Waals surface area contributed by atoms with E-state index in [2.05, 4.69) is 30.6 Å². The van der Waals surface area contributed by atoms with Crippen LogP contribution in [0.25, 0.3) is 11.1 Å². The van der Waals surface area contributed by atoms with Crippen LogP contribution in [0, 0.1) is 34.5 Å². The molecule has 37 heavy (non-hydrogen) atoms. The Bertz CT molecular complexity index is 1320. The maximum absolute atomic E-state index is 14.2. The Hall–Kier alpha value is -3.70. The molecular formula is C29H30N4O4. The number of likely N-dealkylation sites (tertiary alicyclic amines) is 1. The summed E-state index contributed by atoms with van der Waals surface area (Å²) in [6, 6.07) is 15.2. The Morgan fingerprint density at radius 2 is 1.78 bits per heavy atom. The van der Waals surface area contributed by atoms with E-state index in [1.54, 1.807) is 24.3 Å². The third-order valence-electron chi connectivity index (χ3n) is 9.13. The van der Waals surface area contributed by atoms with Gasteiger partial charge in [0.25, 0.3) is 5.91 Å². The third-order valence-corrected chi connectivity index (χ3v) is 9.13. The molecule has 0 unspecified atom stereocenters. The van der Waals surface area contributed by atoms with Crippen molar-refractivity contribution in [3.05, 3.63) is 59.7 Å². The van der Waals surface area contributed by atoms with Gasteiger partial charge in [-0.1, -0.05) is 62.4 Å². The summed E-state index contributed by atoms with van der Waals surface area (Å²) in [6.07, 6.45) is 0.863. The Kier molecular flexibility index (Phi) is 5.22. The average Bonchev–Trinajstić information content (AvgIpc) is 3.32. The summed E-state index contributed by atoms with van der Waals surface area (Å²) in [5.74, 6) is -1.28. The van der Waals surface area contributed by atoms with Crippen LogP contribution in [-0.2, 0) is 20.0 Å². The van der Waals surface area contributed by atoms with Gasteiger partial charge >= 0.3 is 0 Å². The van der Waals surface area contributed by atoms with Gasteiger partial charge in [0.05, 0.1) is 6.07 Å². The van der Waals surface area contributed by atoms with Gasteiger partial charge in [-0.05, 0) is 41.2 Å². The van der Waals surface area contributed by atoms with Crippen molar-refractivity contribution in [3.63, 3.8) is 0 Å². The van der Waals surface area contributed by atoms with Gasteiger partial charge in [-0.2, -0.15) is 5.26 Å². The standard InChI is InChI=1S/C29H30N4O4/c1-28(2)22-15-33(24(23(22)28)26(35)32-17(14-30)13-16-11-12-31-25(16)34)27(36)29(37)20-9-5-3-7-18(20)19-8-4-6-10-21(19)29/h3-10,16-17,22-24,37H,11-13,15H2,1-2H3,(H,31,34)(H,32,35)/t16-,17-,22+,23+,24-/m1/s1. The molecule has 2 saturated heterocycles. The minimum atomic E-state index is -1.90. The molecular weight excluding hydrogens is 468 g/mol. The Balaban J connectivity index is 1.31. The zero-order chi connectivity index (χ0) is 26.1. The minimum Gasteiger partial charge on any atom is -0.372 e. The lowest BCUT2D eigenvalue weighted by Crippen LogP contribution is -2.56. The van der Waals surface area contributed by atoms with Crippen molar-refractivity contribution in [1.29, 1.82) is 5.26 Å². The summed E-state index contributed by atoms with van der Waals surface area (Å²) in [7, 11) is 0. The number of aliphatic hydroxyl groups is 1. The molecule has 2 aliphatic heterocycles. The van der Waals surface area contributed by atoms with E-state index in [1.807, 2.05) is 24.3 Å². The highest BCUT2D eigenvalue weighted by Crippen LogP contribution is 2.65. The number of hydrogen-bond acceptors (Lipinski definition) is 5. The number of nitrogens with one attached hydrogen (secondary N) is 2. The van der Waals surface area contributed by atoms with Crippen molar-refractivity contribution in [2.24, 2.45) is 23.2 Å². The van der Waals surface area contributed by atoms with Gasteiger partial charge in [0.2, 0.25) is 11.8 Å². The quantitative estimate of drug-likeness (QED) is 0.581. The molecule has 3 N–H and O–H groups in total. The number of nitrogens with zero attached hydrogens (tertiary/aromatic N) is 2. The second-order valence-corrected chi connectivity index (χ2v) is 11.4. The molecule has 190 valence electrons. The van der Waals surface area contributed by atoms with Crippen LogP contribution in [0.2, 0.25) is 0 Å². The minimum absolute atomic E-state index is 0.0685. The van der Waals surface area contributed by atoms with Gasteiger partial charge < -0.3 is 20.6 Å². The number of amides is 3. The molecule has 2 aromatic carbocycles. The van der Waals surface area contributed by atoms with Crippen LogP contribution in [0.1, 0.15) is 37.8 Å². The maximum Gasteiger partial charge on any atom is 0.264 e. The number of fused-ring (bicyclic) bond motifs is 4. The molecule has 8 heteroatoms. The molecule has 0 spiro atoms. The van der Waals surface area contributed by atoms with E-state index >= 15 is 0 Å². The molecule has 0 aromatic heterocycles. The van der Waals surface area contributed by atoms with Crippen molar-refractivity contribution in [3.8, 4) is 17.2 Å². The predicted octanol–water partition coefficient (Wildman–Crippen LogP) is 1.92. The second kappa shape index (κ2) is 8.15. The fourth-order valence-electron chi connectivity index (χ4n) is 7.00. The van der Waals surface area contributed by atoms with Crippen molar-refractivity contribution in [1.82, 2.24) is 15.5 Å². The van der Waals surface area contributed by atoms with E-state index in [9.17, 15) is 24.8 Å². The molecule has 2 aromatic rings. The number of piperidine rings is 1. The molecule has 4 aliphatic rings. The maximum atomic E-state index is 14.2. The van der Waals surface area contributed by atoms with Crippen molar-refractivity contribution in [2.45, 2.75) is 44.4 Å². The van der Waals surface area contributed by atoms with Crippen LogP contribution >= 0.6 is 0 Å². The first kappa shape index (κ1) is 23.7. The largest absolute Gasteiger partial charge is 0.372 e. The lowest BCUT2D eigenvalue weighted by molar-refractivity contribution is -0.153. The highest BCUT2D eigenvalue weighted by Gasteiger charge is 2.70. The molecule has 0 radical (unpaired) electrons. The van der Waals surface area contributed by atoms with E-state index in [-0.39, 0.29) is 35.5 Å². The predicted molar refractivity (Wildman–Crippen MR) is 134 cm³/mol. The van der Waals surface area contributed by atoms with E-state index in [0.29, 0.717) is 30.6 Å². The Labute approximate surface area is 215 Å². The van der Waals surface area contributed by atoms with Crippen LogP contribution < -0.4 is 10.6 Å². The topological polar surface area (TPSA) is 123 Å². The van der Waals surface area contributed by atoms with Gasteiger partial charge in [-0.3, -0.25) is 14.4 Å². The molecule has 2 heterocycles. The fraction of sp³-hybridized carbons (Fsp3) is 0.448. The van der Waals surface area contributed by atoms with Crippen molar-refractivity contribution >= 4 is 17.7 Å². The third kappa shape index (κ3) is 3.33. The van der Waals surface area contributed by atoms with Gasteiger partial charge in [0.15, 0.2) is 5.60 Å². The first-order valence-corrected chi connectivity index (χ1v) is 12.9. The number of rotatable bonds is 5. The van der Waals surface area contributed by atoms with Crippen LogP contribution in [-0.4, -0.2) is 52.9 Å². The summed E-state index contributed by atoms with van der Waals surface area (Å²) in [6.45, 7) is 5.11. The lowest BCUT2D eigenvalue weighted by Gasteiger charge is -2.36. The normalized spacial score (nSPS) is 28.4. The molecule has 2 aliphatic carbocycles. The number of benzene rings is 2. The summed E-state index contributed by atoms with van der Waals surface area (Å²) in [5.41, 5.74) is 0.617. The highest BCUT2D eigenvalue weighted by molar-refractivity contribution is 6.01. The van der Waals surface area contributed by atoms with Crippen molar-refractivity contribution < 1.29 is 19.5 Å². The smallest absolute Gasteiger partial charge is 0.264 e. The van der Waals surface area contributed by atoms with E-state index < -0.39 is 29.5 Å². The fourth-order valence-corrected chi connectivity index (χ4v) is 7.00. The molecule has 8 nitrogen and oxygen atoms in total. The average molecular weight is 499 g/mol. The van der Waals surface area contributed by atoms with Gasteiger partial charge in [-0.15, -0.1) is 0 Å². The zero-order valence-electron chi connectivity index (χ0n) is 20.9. The second-order valence-electron chi connectivity index (χ2n) is 11.4.